The van der Waals surface area contributed by atoms with Crippen molar-refractivity contribution in [2.45, 2.75) is 60.3 Å². The van der Waals surface area contributed by atoms with E-state index in [0.717, 1.165) is 57.7 Å². The second-order valence-corrected chi connectivity index (χ2v) is 7.35. The van der Waals surface area contributed by atoms with Gasteiger partial charge in [-0.2, -0.15) is 0 Å². The van der Waals surface area contributed by atoms with Gasteiger partial charge in [0.05, 0.1) is 5.69 Å². The number of benzene rings is 1. The Labute approximate surface area is 162 Å². The molecule has 0 atom stereocenters. The Kier molecular flexibility index (Phi) is 5.64. The van der Waals surface area contributed by atoms with Crippen molar-refractivity contribution < 1.29 is 4.84 Å². The molecular formula is C23H29N3O. The number of nitrogens with zero attached hydrogens (tertiary/aromatic N) is 2. The van der Waals surface area contributed by atoms with Crippen LogP contribution in [-0.2, 0) is 0 Å². The standard InChI is InChI=1S/C23H29N3O/c1-7-18(8-2)21-20-13-17(6)25-23(19(20)9-10-24-21)26-27-22-15(4)11-14(3)12-16(22)5/h9-13,18H,7-8H2,1-6H3,(H,25,26). The van der Waals surface area contributed by atoms with Crippen molar-refractivity contribution in [1.82, 2.24) is 9.97 Å². The van der Waals surface area contributed by atoms with Gasteiger partial charge in [-0.05, 0) is 63.8 Å². The molecule has 0 saturated heterocycles. The van der Waals surface area contributed by atoms with Crippen molar-refractivity contribution in [1.29, 1.82) is 0 Å². The van der Waals surface area contributed by atoms with Gasteiger partial charge >= 0.3 is 0 Å². The summed E-state index contributed by atoms with van der Waals surface area (Å²) in [4.78, 5) is 15.4. The van der Waals surface area contributed by atoms with Crippen molar-refractivity contribution in [2.24, 2.45) is 0 Å². The zero-order valence-corrected chi connectivity index (χ0v) is 17.2. The number of aryl methyl sites for hydroxylation is 4. The fourth-order valence-electron chi connectivity index (χ4n) is 3.83. The summed E-state index contributed by atoms with van der Waals surface area (Å²) in [6, 6.07) is 8.39. The highest BCUT2D eigenvalue weighted by atomic mass is 16.6. The van der Waals surface area contributed by atoms with Crippen LogP contribution in [0.4, 0.5) is 5.82 Å². The van der Waals surface area contributed by atoms with Crippen molar-refractivity contribution in [2.75, 3.05) is 5.48 Å². The molecule has 1 aromatic carbocycles. The molecule has 0 saturated carbocycles. The molecule has 0 unspecified atom stereocenters. The molecule has 0 fully saturated rings. The third-order valence-corrected chi connectivity index (χ3v) is 5.14. The molecule has 0 aliphatic heterocycles. The SMILES string of the molecule is CCC(CC)c1nccc2c(NOc3c(C)cc(C)cc3C)nc(C)cc12. The minimum atomic E-state index is 0.450. The zero-order chi connectivity index (χ0) is 19.6. The maximum atomic E-state index is 5.99. The van der Waals surface area contributed by atoms with Gasteiger partial charge < -0.3 is 4.84 Å². The summed E-state index contributed by atoms with van der Waals surface area (Å²) in [6.07, 6.45) is 4.02. The summed E-state index contributed by atoms with van der Waals surface area (Å²) in [7, 11) is 0. The molecule has 2 heterocycles. The molecule has 1 N–H and O–H groups in total. The van der Waals surface area contributed by atoms with E-state index in [4.69, 9.17) is 9.82 Å². The van der Waals surface area contributed by atoms with Crippen molar-refractivity contribution in [3.63, 3.8) is 0 Å². The molecule has 4 nitrogen and oxygen atoms in total. The number of nitrogens with one attached hydrogen (secondary N) is 1. The highest BCUT2D eigenvalue weighted by Crippen LogP contribution is 2.32. The van der Waals surface area contributed by atoms with Crippen LogP contribution in [-0.4, -0.2) is 9.97 Å². The number of hydrogen-bond donors (Lipinski definition) is 1. The van der Waals surface area contributed by atoms with Crippen LogP contribution in [0.2, 0.25) is 0 Å². The van der Waals surface area contributed by atoms with E-state index >= 15 is 0 Å². The Bertz CT molecular complexity index is 938. The van der Waals surface area contributed by atoms with Crippen LogP contribution >= 0.6 is 0 Å². The van der Waals surface area contributed by atoms with E-state index in [2.05, 4.69) is 63.3 Å². The fourth-order valence-corrected chi connectivity index (χ4v) is 3.83. The number of hydrogen-bond acceptors (Lipinski definition) is 4. The lowest BCUT2D eigenvalue weighted by atomic mass is 9.94. The van der Waals surface area contributed by atoms with Crippen LogP contribution in [0.15, 0.2) is 30.5 Å². The Morgan fingerprint density at radius 3 is 2.26 bits per heavy atom. The van der Waals surface area contributed by atoms with Crippen molar-refractivity contribution >= 4 is 16.6 Å². The maximum Gasteiger partial charge on any atom is 0.168 e. The van der Waals surface area contributed by atoms with Gasteiger partial charge in [-0.15, -0.1) is 0 Å². The van der Waals surface area contributed by atoms with E-state index in [1.54, 1.807) is 0 Å². The van der Waals surface area contributed by atoms with Gasteiger partial charge in [-0.1, -0.05) is 31.5 Å². The predicted molar refractivity (Wildman–Crippen MR) is 113 cm³/mol. The Hall–Kier alpha value is -2.62. The molecule has 0 bridgehead atoms. The average molecular weight is 364 g/mol. The minimum Gasteiger partial charge on any atom is -0.380 e. The van der Waals surface area contributed by atoms with Crippen LogP contribution in [0.3, 0.4) is 0 Å². The summed E-state index contributed by atoms with van der Waals surface area (Å²) in [5.41, 5.74) is 8.66. The molecule has 142 valence electrons. The van der Waals surface area contributed by atoms with Crippen LogP contribution in [0.1, 0.15) is 60.7 Å². The maximum absolute atomic E-state index is 5.99. The number of fused-ring (bicyclic) bond motifs is 1. The topological polar surface area (TPSA) is 47.0 Å². The molecule has 3 rings (SSSR count). The summed E-state index contributed by atoms with van der Waals surface area (Å²) < 4.78 is 0. The largest absolute Gasteiger partial charge is 0.380 e. The summed E-state index contributed by atoms with van der Waals surface area (Å²) in [6.45, 7) is 12.7. The Balaban J connectivity index is 2.02. The molecule has 0 aliphatic rings. The van der Waals surface area contributed by atoms with Crippen LogP contribution < -0.4 is 10.3 Å². The number of aromatic nitrogens is 2. The second kappa shape index (κ2) is 7.95. The molecule has 27 heavy (non-hydrogen) atoms. The molecule has 0 spiro atoms. The molecule has 0 radical (unpaired) electrons. The van der Waals surface area contributed by atoms with Gasteiger partial charge in [0, 0.05) is 28.6 Å². The van der Waals surface area contributed by atoms with E-state index in [0.29, 0.717) is 5.92 Å². The van der Waals surface area contributed by atoms with E-state index in [9.17, 15) is 0 Å². The van der Waals surface area contributed by atoms with E-state index in [-0.39, 0.29) is 0 Å². The summed E-state index contributed by atoms with van der Waals surface area (Å²) in [5, 5.41) is 2.20. The lowest BCUT2D eigenvalue weighted by Gasteiger charge is -2.18. The highest BCUT2D eigenvalue weighted by Gasteiger charge is 2.16. The van der Waals surface area contributed by atoms with Crippen LogP contribution in [0.5, 0.6) is 5.75 Å². The minimum absolute atomic E-state index is 0.450. The van der Waals surface area contributed by atoms with Gasteiger partial charge in [0.25, 0.3) is 0 Å². The van der Waals surface area contributed by atoms with Gasteiger partial charge in [0.1, 0.15) is 0 Å². The van der Waals surface area contributed by atoms with Gasteiger partial charge in [-0.25, -0.2) is 10.5 Å². The Morgan fingerprint density at radius 2 is 1.63 bits per heavy atom. The summed E-state index contributed by atoms with van der Waals surface area (Å²) >= 11 is 0. The lowest BCUT2D eigenvalue weighted by molar-refractivity contribution is 0.397. The van der Waals surface area contributed by atoms with E-state index < -0.39 is 0 Å². The van der Waals surface area contributed by atoms with Crippen LogP contribution in [0, 0.1) is 27.7 Å². The summed E-state index contributed by atoms with van der Waals surface area (Å²) in [5.74, 6) is 2.04. The molecule has 2 aromatic heterocycles. The van der Waals surface area contributed by atoms with Gasteiger partial charge in [-0.3, -0.25) is 4.98 Å². The number of rotatable bonds is 6. The molecule has 3 aromatic rings. The third-order valence-electron chi connectivity index (χ3n) is 5.14. The zero-order valence-electron chi connectivity index (χ0n) is 17.2. The first-order chi connectivity index (χ1) is 12.9. The van der Waals surface area contributed by atoms with Crippen LogP contribution in [0.25, 0.3) is 10.8 Å². The number of pyridine rings is 2. The smallest absolute Gasteiger partial charge is 0.168 e. The first-order valence-electron chi connectivity index (χ1n) is 9.71. The quantitative estimate of drug-likeness (QED) is 0.532. The van der Waals surface area contributed by atoms with Crippen molar-refractivity contribution in [3.8, 4) is 5.75 Å². The molecule has 4 heteroatoms. The predicted octanol–water partition coefficient (Wildman–Crippen LogP) is 6.17. The third kappa shape index (κ3) is 3.90. The lowest BCUT2D eigenvalue weighted by Crippen LogP contribution is -2.10. The molecule has 0 amide bonds. The molecule has 0 aliphatic carbocycles. The van der Waals surface area contributed by atoms with Gasteiger partial charge in [0.2, 0.25) is 0 Å². The first-order valence-corrected chi connectivity index (χ1v) is 9.71. The van der Waals surface area contributed by atoms with E-state index in [1.807, 2.05) is 19.2 Å². The monoisotopic (exact) mass is 363 g/mol. The average Bonchev–Trinajstić information content (AvgIpc) is 2.62. The number of anilines is 1. The Morgan fingerprint density at radius 1 is 0.963 bits per heavy atom. The fraction of sp³-hybridized carbons (Fsp3) is 0.391. The van der Waals surface area contributed by atoms with E-state index in [1.165, 1.54) is 5.56 Å². The molecular weight excluding hydrogens is 334 g/mol. The normalized spacial score (nSPS) is 11.2. The highest BCUT2D eigenvalue weighted by molar-refractivity contribution is 5.93. The van der Waals surface area contributed by atoms with Gasteiger partial charge in [0.15, 0.2) is 11.6 Å². The first kappa shape index (κ1) is 19.2. The van der Waals surface area contributed by atoms with Crippen molar-refractivity contribution in [3.05, 3.63) is 58.5 Å². The second-order valence-electron chi connectivity index (χ2n) is 7.35.